The third-order valence-electron chi connectivity index (χ3n) is 4.14. The Kier molecular flexibility index (Phi) is 4.26. The normalized spacial score (nSPS) is 15.3. The number of nitrogens with zero attached hydrogens (tertiary/aromatic N) is 3. The molecule has 0 amide bonds. The van der Waals surface area contributed by atoms with Crippen LogP contribution in [0.5, 0.6) is 0 Å². The average Bonchev–Trinajstić information content (AvgIpc) is 2.54. The van der Waals surface area contributed by atoms with Gasteiger partial charge in [0.15, 0.2) is 0 Å². The molecule has 1 fully saturated rings. The summed E-state index contributed by atoms with van der Waals surface area (Å²) in [5.74, 6) is 1.43. The molecule has 0 radical (unpaired) electrons. The van der Waals surface area contributed by atoms with Gasteiger partial charge in [0.05, 0.1) is 31.2 Å². The molecule has 22 heavy (non-hydrogen) atoms. The van der Waals surface area contributed by atoms with Crippen molar-refractivity contribution in [3.05, 3.63) is 35.4 Å². The number of aromatic nitrogens is 1. The largest absolute Gasteiger partial charge is 0.378 e. The number of hydrogen-bond acceptors (Lipinski definition) is 4. The molecule has 0 N–H and O–H groups in total. The van der Waals surface area contributed by atoms with Gasteiger partial charge in [-0.15, -0.1) is 0 Å². The minimum atomic E-state index is 0.390. The van der Waals surface area contributed by atoms with E-state index in [1.807, 2.05) is 0 Å². The van der Waals surface area contributed by atoms with Crippen LogP contribution >= 0.6 is 0 Å². The third kappa shape index (κ3) is 2.90. The summed E-state index contributed by atoms with van der Waals surface area (Å²) in [5.41, 5.74) is 3.31. The predicted octanol–water partition coefficient (Wildman–Crippen LogP) is 3.26. The maximum Gasteiger partial charge on any atom is 0.133 e. The first-order valence-electron chi connectivity index (χ1n) is 7.82. The average molecular weight is 295 g/mol. The molecule has 0 bridgehead atoms. The number of nitriles is 1. The standard InChI is InChI=1S/C18H21N3O/c1-13(2)14-3-4-17-16(11-14)12-15(5-6-19)18(20-17)21-7-9-22-10-8-21/h3-4,11-13H,5,7-10H2,1-2H3. The topological polar surface area (TPSA) is 49.2 Å². The fourth-order valence-electron chi connectivity index (χ4n) is 2.85. The second kappa shape index (κ2) is 6.33. The van der Waals surface area contributed by atoms with Crippen molar-refractivity contribution in [2.75, 3.05) is 31.2 Å². The highest BCUT2D eigenvalue weighted by molar-refractivity contribution is 5.83. The van der Waals surface area contributed by atoms with Crippen molar-refractivity contribution in [2.24, 2.45) is 0 Å². The van der Waals surface area contributed by atoms with Gasteiger partial charge >= 0.3 is 0 Å². The Bertz CT molecular complexity index is 712. The minimum absolute atomic E-state index is 0.390. The molecule has 0 aliphatic carbocycles. The molecule has 4 nitrogen and oxygen atoms in total. The van der Waals surface area contributed by atoms with Crippen LogP contribution in [0.4, 0.5) is 5.82 Å². The number of pyridine rings is 1. The fraction of sp³-hybridized carbons (Fsp3) is 0.444. The molecule has 0 spiro atoms. The van der Waals surface area contributed by atoms with Gasteiger partial charge in [0.2, 0.25) is 0 Å². The monoisotopic (exact) mass is 295 g/mol. The molecular weight excluding hydrogens is 274 g/mol. The summed E-state index contributed by atoms with van der Waals surface area (Å²) in [4.78, 5) is 7.07. The van der Waals surface area contributed by atoms with Crippen LogP contribution in [0.2, 0.25) is 0 Å². The number of hydrogen-bond donors (Lipinski definition) is 0. The summed E-state index contributed by atoms with van der Waals surface area (Å²) >= 11 is 0. The molecule has 2 aromatic rings. The van der Waals surface area contributed by atoms with Crippen molar-refractivity contribution in [1.29, 1.82) is 5.26 Å². The van der Waals surface area contributed by atoms with E-state index >= 15 is 0 Å². The SMILES string of the molecule is CC(C)c1ccc2nc(N3CCOCC3)c(CC#N)cc2c1. The predicted molar refractivity (Wildman–Crippen MR) is 88.2 cm³/mol. The van der Waals surface area contributed by atoms with E-state index < -0.39 is 0 Å². The fourth-order valence-corrected chi connectivity index (χ4v) is 2.85. The molecule has 1 aliphatic rings. The zero-order valence-corrected chi connectivity index (χ0v) is 13.2. The number of benzene rings is 1. The summed E-state index contributed by atoms with van der Waals surface area (Å²) in [6.45, 7) is 7.48. The van der Waals surface area contributed by atoms with E-state index in [0.717, 1.165) is 48.6 Å². The van der Waals surface area contributed by atoms with Crippen molar-refractivity contribution in [1.82, 2.24) is 4.98 Å². The van der Waals surface area contributed by atoms with Crippen LogP contribution in [0.1, 0.15) is 30.9 Å². The van der Waals surface area contributed by atoms with Crippen LogP contribution in [-0.2, 0) is 11.2 Å². The first kappa shape index (κ1) is 14.8. The van der Waals surface area contributed by atoms with Crippen molar-refractivity contribution >= 4 is 16.7 Å². The van der Waals surface area contributed by atoms with Gasteiger partial charge in [-0.05, 0) is 29.7 Å². The Morgan fingerprint density at radius 2 is 2.05 bits per heavy atom. The smallest absolute Gasteiger partial charge is 0.133 e. The summed E-state index contributed by atoms with van der Waals surface area (Å²) in [6, 6.07) is 10.8. The molecule has 1 aromatic carbocycles. The van der Waals surface area contributed by atoms with E-state index in [-0.39, 0.29) is 0 Å². The first-order chi connectivity index (χ1) is 10.7. The Morgan fingerprint density at radius 1 is 1.27 bits per heavy atom. The first-order valence-corrected chi connectivity index (χ1v) is 7.82. The lowest BCUT2D eigenvalue weighted by Crippen LogP contribution is -2.37. The van der Waals surface area contributed by atoms with E-state index in [1.54, 1.807) is 0 Å². The molecule has 4 heteroatoms. The highest BCUT2D eigenvalue weighted by atomic mass is 16.5. The molecule has 0 unspecified atom stereocenters. The summed E-state index contributed by atoms with van der Waals surface area (Å²) < 4.78 is 5.42. The highest BCUT2D eigenvalue weighted by Gasteiger charge is 2.17. The molecule has 1 aromatic heterocycles. The Morgan fingerprint density at radius 3 is 2.73 bits per heavy atom. The molecule has 3 rings (SSSR count). The summed E-state index contributed by atoms with van der Waals surface area (Å²) in [7, 11) is 0. The molecule has 1 aliphatic heterocycles. The van der Waals surface area contributed by atoms with Crippen LogP contribution < -0.4 is 4.90 Å². The second-order valence-corrected chi connectivity index (χ2v) is 6.01. The second-order valence-electron chi connectivity index (χ2n) is 6.01. The van der Waals surface area contributed by atoms with Crippen molar-refractivity contribution < 1.29 is 4.74 Å². The highest BCUT2D eigenvalue weighted by Crippen LogP contribution is 2.27. The van der Waals surface area contributed by atoms with E-state index in [1.165, 1.54) is 5.56 Å². The quantitative estimate of drug-likeness (QED) is 0.872. The lowest BCUT2D eigenvalue weighted by Gasteiger charge is -2.29. The molecule has 2 heterocycles. The Hall–Kier alpha value is -2.12. The lowest BCUT2D eigenvalue weighted by molar-refractivity contribution is 0.122. The Labute approximate surface area is 131 Å². The number of fused-ring (bicyclic) bond motifs is 1. The van der Waals surface area contributed by atoms with Crippen LogP contribution in [0, 0.1) is 11.3 Å². The minimum Gasteiger partial charge on any atom is -0.378 e. The van der Waals surface area contributed by atoms with Crippen LogP contribution in [0.3, 0.4) is 0 Å². The summed E-state index contributed by atoms with van der Waals surface area (Å²) in [5, 5.41) is 10.3. The van der Waals surface area contributed by atoms with Gasteiger partial charge in [0.25, 0.3) is 0 Å². The zero-order valence-electron chi connectivity index (χ0n) is 13.2. The third-order valence-corrected chi connectivity index (χ3v) is 4.14. The van der Waals surface area contributed by atoms with Crippen molar-refractivity contribution in [2.45, 2.75) is 26.2 Å². The van der Waals surface area contributed by atoms with Gasteiger partial charge in [0.1, 0.15) is 5.82 Å². The molecule has 114 valence electrons. The zero-order chi connectivity index (χ0) is 15.5. The molecule has 0 saturated carbocycles. The lowest BCUT2D eigenvalue weighted by atomic mass is 10.00. The van der Waals surface area contributed by atoms with Gasteiger partial charge in [0, 0.05) is 24.0 Å². The van der Waals surface area contributed by atoms with Crippen LogP contribution in [-0.4, -0.2) is 31.3 Å². The molecular formula is C18H21N3O. The maximum absolute atomic E-state index is 9.14. The van der Waals surface area contributed by atoms with Crippen molar-refractivity contribution in [3.63, 3.8) is 0 Å². The summed E-state index contributed by atoms with van der Waals surface area (Å²) in [6.07, 6.45) is 0.390. The maximum atomic E-state index is 9.14. The molecule has 1 saturated heterocycles. The van der Waals surface area contributed by atoms with Gasteiger partial charge < -0.3 is 9.64 Å². The Balaban J connectivity index is 2.08. The number of ether oxygens (including phenoxy) is 1. The van der Waals surface area contributed by atoms with E-state index in [0.29, 0.717) is 12.3 Å². The van der Waals surface area contributed by atoms with Gasteiger partial charge in [-0.3, -0.25) is 0 Å². The molecule has 0 atom stereocenters. The van der Waals surface area contributed by atoms with E-state index in [2.05, 4.69) is 49.1 Å². The number of morpholine rings is 1. The van der Waals surface area contributed by atoms with Crippen LogP contribution in [0.15, 0.2) is 24.3 Å². The van der Waals surface area contributed by atoms with Gasteiger partial charge in [-0.2, -0.15) is 5.26 Å². The number of anilines is 1. The van der Waals surface area contributed by atoms with Gasteiger partial charge in [-0.1, -0.05) is 19.9 Å². The van der Waals surface area contributed by atoms with Crippen LogP contribution in [0.25, 0.3) is 10.9 Å². The van der Waals surface area contributed by atoms with Gasteiger partial charge in [-0.25, -0.2) is 4.98 Å². The van der Waals surface area contributed by atoms with E-state index in [9.17, 15) is 0 Å². The van der Waals surface area contributed by atoms with Crippen molar-refractivity contribution in [3.8, 4) is 6.07 Å². The number of rotatable bonds is 3. The van der Waals surface area contributed by atoms with E-state index in [4.69, 9.17) is 15.0 Å².